The first-order valence-electron chi connectivity index (χ1n) is 10.2. The third-order valence-corrected chi connectivity index (χ3v) is 6.26. The zero-order valence-electron chi connectivity index (χ0n) is 16.8. The number of carbonyl (C=O) groups is 1. The van der Waals surface area contributed by atoms with Crippen molar-refractivity contribution in [3.8, 4) is 0 Å². The van der Waals surface area contributed by atoms with Gasteiger partial charge in [-0.3, -0.25) is 9.69 Å². The van der Waals surface area contributed by atoms with Gasteiger partial charge in [0.2, 0.25) is 0 Å². The SMILES string of the molecule is CCC(C)N1CCCC(C(=O)CC(C)(C)c2cccc3ccccc23)C1. The maximum absolute atomic E-state index is 13.2. The third-order valence-electron chi connectivity index (χ3n) is 6.26. The Morgan fingerprint density at radius 3 is 2.69 bits per heavy atom. The maximum atomic E-state index is 13.2. The fourth-order valence-electron chi connectivity index (χ4n) is 4.42. The summed E-state index contributed by atoms with van der Waals surface area (Å²) < 4.78 is 0. The summed E-state index contributed by atoms with van der Waals surface area (Å²) in [6.07, 6.45) is 3.98. The topological polar surface area (TPSA) is 20.3 Å². The Bertz CT molecular complexity index is 758. The fourth-order valence-corrected chi connectivity index (χ4v) is 4.42. The number of carbonyl (C=O) groups excluding carboxylic acids is 1. The number of Topliss-reactive ketones (excluding diaryl/α,β-unsaturated/α-hetero) is 1. The first kappa shape index (κ1) is 19.1. The standard InChI is InChI=1S/C24H33NO/c1-5-18(2)25-15-9-12-20(17-25)23(26)16-24(3,4)22-14-8-11-19-10-6-7-13-21(19)22/h6-8,10-11,13-14,18,20H,5,9,12,15-17H2,1-4H3. The lowest BCUT2D eigenvalue weighted by molar-refractivity contribution is -0.125. The van der Waals surface area contributed by atoms with Crippen molar-refractivity contribution < 1.29 is 4.79 Å². The third kappa shape index (κ3) is 4.01. The molecule has 0 radical (unpaired) electrons. The van der Waals surface area contributed by atoms with Gasteiger partial charge in [-0.15, -0.1) is 0 Å². The Morgan fingerprint density at radius 2 is 1.92 bits per heavy atom. The molecule has 0 saturated carbocycles. The molecule has 0 spiro atoms. The van der Waals surface area contributed by atoms with Crippen LogP contribution in [0.3, 0.4) is 0 Å². The predicted octanol–water partition coefficient (Wildman–Crippen LogP) is 5.59. The monoisotopic (exact) mass is 351 g/mol. The van der Waals surface area contributed by atoms with Gasteiger partial charge in [-0.05, 0) is 54.5 Å². The summed E-state index contributed by atoms with van der Waals surface area (Å²) in [5, 5.41) is 2.53. The van der Waals surface area contributed by atoms with Crippen molar-refractivity contribution in [1.82, 2.24) is 4.90 Å². The molecule has 140 valence electrons. The van der Waals surface area contributed by atoms with Gasteiger partial charge in [0.15, 0.2) is 0 Å². The molecule has 3 rings (SSSR count). The molecule has 0 bridgehead atoms. The molecule has 0 N–H and O–H groups in total. The van der Waals surface area contributed by atoms with E-state index in [4.69, 9.17) is 0 Å². The quantitative estimate of drug-likeness (QED) is 0.676. The molecule has 1 aliphatic heterocycles. The van der Waals surface area contributed by atoms with E-state index >= 15 is 0 Å². The molecule has 2 heteroatoms. The number of ketones is 1. The molecule has 0 aromatic heterocycles. The van der Waals surface area contributed by atoms with Crippen molar-refractivity contribution in [2.24, 2.45) is 5.92 Å². The summed E-state index contributed by atoms with van der Waals surface area (Å²) in [6.45, 7) is 11.1. The van der Waals surface area contributed by atoms with Crippen LogP contribution in [-0.2, 0) is 10.2 Å². The molecule has 2 aromatic rings. The van der Waals surface area contributed by atoms with Crippen LogP contribution in [0.15, 0.2) is 42.5 Å². The van der Waals surface area contributed by atoms with Crippen molar-refractivity contribution in [2.75, 3.05) is 13.1 Å². The van der Waals surface area contributed by atoms with Crippen LogP contribution >= 0.6 is 0 Å². The van der Waals surface area contributed by atoms with Crippen LogP contribution in [0, 0.1) is 5.92 Å². The molecule has 1 heterocycles. The minimum absolute atomic E-state index is 0.142. The van der Waals surface area contributed by atoms with Crippen molar-refractivity contribution >= 4 is 16.6 Å². The zero-order chi connectivity index (χ0) is 18.7. The van der Waals surface area contributed by atoms with Crippen molar-refractivity contribution in [1.29, 1.82) is 0 Å². The first-order valence-corrected chi connectivity index (χ1v) is 10.2. The molecular formula is C24H33NO. The molecule has 0 amide bonds. The number of piperidine rings is 1. The lowest BCUT2D eigenvalue weighted by atomic mass is 9.75. The molecule has 26 heavy (non-hydrogen) atoms. The van der Waals surface area contributed by atoms with Crippen LogP contribution in [0.1, 0.15) is 58.9 Å². The summed E-state index contributed by atoms with van der Waals surface area (Å²) in [6, 6.07) is 15.6. The number of nitrogens with zero attached hydrogens (tertiary/aromatic N) is 1. The van der Waals surface area contributed by atoms with Gasteiger partial charge < -0.3 is 0 Å². The van der Waals surface area contributed by atoms with Gasteiger partial charge >= 0.3 is 0 Å². The van der Waals surface area contributed by atoms with E-state index in [9.17, 15) is 4.79 Å². The highest BCUT2D eigenvalue weighted by atomic mass is 16.1. The number of fused-ring (bicyclic) bond motifs is 1. The molecule has 1 saturated heterocycles. The van der Waals surface area contributed by atoms with E-state index < -0.39 is 0 Å². The van der Waals surface area contributed by atoms with Gasteiger partial charge in [0.25, 0.3) is 0 Å². The van der Waals surface area contributed by atoms with Gasteiger partial charge in [-0.2, -0.15) is 0 Å². The van der Waals surface area contributed by atoms with E-state index in [0.717, 1.165) is 32.4 Å². The van der Waals surface area contributed by atoms with E-state index in [0.29, 0.717) is 18.2 Å². The second kappa shape index (κ2) is 7.92. The Hall–Kier alpha value is -1.67. The number of rotatable bonds is 6. The van der Waals surface area contributed by atoms with Crippen molar-refractivity contribution in [2.45, 2.75) is 64.8 Å². The molecule has 2 atom stereocenters. The van der Waals surface area contributed by atoms with Gasteiger partial charge in [0, 0.05) is 24.9 Å². The Balaban J connectivity index is 1.77. The maximum Gasteiger partial charge on any atom is 0.138 e. The van der Waals surface area contributed by atoms with E-state index in [1.54, 1.807) is 0 Å². The van der Waals surface area contributed by atoms with E-state index in [-0.39, 0.29) is 11.3 Å². The summed E-state index contributed by atoms with van der Waals surface area (Å²) in [5.74, 6) is 0.642. The minimum atomic E-state index is -0.142. The molecule has 1 aliphatic rings. The lowest BCUT2D eigenvalue weighted by Crippen LogP contribution is -2.44. The lowest BCUT2D eigenvalue weighted by Gasteiger charge is -2.37. The van der Waals surface area contributed by atoms with Gasteiger partial charge in [-0.1, -0.05) is 63.2 Å². The van der Waals surface area contributed by atoms with Crippen molar-refractivity contribution in [3.63, 3.8) is 0 Å². The first-order chi connectivity index (χ1) is 12.4. The highest BCUT2D eigenvalue weighted by Crippen LogP contribution is 2.35. The van der Waals surface area contributed by atoms with E-state index in [1.165, 1.54) is 16.3 Å². The Labute approximate surface area is 158 Å². The van der Waals surface area contributed by atoms with Gasteiger partial charge in [-0.25, -0.2) is 0 Å². The number of likely N-dealkylation sites (tertiary alicyclic amines) is 1. The Morgan fingerprint density at radius 1 is 1.19 bits per heavy atom. The molecule has 1 fully saturated rings. The average molecular weight is 352 g/mol. The highest BCUT2D eigenvalue weighted by Gasteiger charge is 2.32. The van der Waals surface area contributed by atoms with Crippen LogP contribution in [-0.4, -0.2) is 29.8 Å². The largest absolute Gasteiger partial charge is 0.300 e. The molecule has 0 aliphatic carbocycles. The summed E-state index contributed by atoms with van der Waals surface area (Å²) in [4.78, 5) is 15.7. The second-order valence-electron chi connectivity index (χ2n) is 8.65. The van der Waals surface area contributed by atoms with Gasteiger partial charge in [0.1, 0.15) is 5.78 Å². The van der Waals surface area contributed by atoms with Crippen molar-refractivity contribution in [3.05, 3.63) is 48.0 Å². The molecular weight excluding hydrogens is 318 g/mol. The summed E-state index contributed by atoms with van der Waals surface area (Å²) >= 11 is 0. The van der Waals surface area contributed by atoms with Crippen LogP contribution in [0.2, 0.25) is 0 Å². The zero-order valence-corrected chi connectivity index (χ0v) is 16.8. The number of benzene rings is 2. The van der Waals surface area contributed by atoms with Crippen LogP contribution in [0.5, 0.6) is 0 Å². The highest BCUT2D eigenvalue weighted by molar-refractivity contribution is 5.88. The van der Waals surface area contributed by atoms with E-state index in [2.05, 4.69) is 75.1 Å². The minimum Gasteiger partial charge on any atom is -0.300 e. The normalized spacial score (nSPS) is 20.2. The molecule has 2 nitrogen and oxygen atoms in total. The molecule has 2 unspecified atom stereocenters. The van der Waals surface area contributed by atoms with E-state index in [1.807, 2.05) is 0 Å². The summed E-state index contributed by atoms with van der Waals surface area (Å²) in [5.41, 5.74) is 1.15. The predicted molar refractivity (Wildman–Crippen MR) is 111 cm³/mol. The fraction of sp³-hybridized carbons (Fsp3) is 0.542. The number of hydrogen-bond acceptors (Lipinski definition) is 2. The van der Waals surface area contributed by atoms with Crippen LogP contribution in [0.4, 0.5) is 0 Å². The second-order valence-corrected chi connectivity index (χ2v) is 8.65. The number of hydrogen-bond donors (Lipinski definition) is 0. The van der Waals surface area contributed by atoms with Crippen LogP contribution in [0.25, 0.3) is 10.8 Å². The van der Waals surface area contributed by atoms with Gasteiger partial charge in [0.05, 0.1) is 0 Å². The molecule has 2 aromatic carbocycles. The Kier molecular flexibility index (Phi) is 5.82. The smallest absolute Gasteiger partial charge is 0.138 e. The average Bonchev–Trinajstić information content (AvgIpc) is 2.66. The van der Waals surface area contributed by atoms with Crippen LogP contribution < -0.4 is 0 Å². The summed E-state index contributed by atoms with van der Waals surface area (Å²) in [7, 11) is 0.